The highest BCUT2D eigenvalue weighted by Crippen LogP contribution is 2.33. The van der Waals surface area contributed by atoms with Gasteiger partial charge in [-0.1, -0.05) is 18.2 Å². The number of ether oxygens (including phenoxy) is 3. The number of carbonyl (C=O) groups is 2. The molecule has 1 heterocycles. The number of rotatable bonds is 5. The van der Waals surface area contributed by atoms with Crippen LogP contribution in [-0.4, -0.2) is 37.7 Å². The van der Waals surface area contributed by atoms with Gasteiger partial charge in [-0.2, -0.15) is 0 Å². The minimum Gasteiger partial charge on any atom is -0.495 e. The number of hydrogen-bond donors (Lipinski definition) is 2. The van der Waals surface area contributed by atoms with Crippen molar-refractivity contribution in [1.29, 1.82) is 0 Å². The van der Waals surface area contributed by atoms with Crippen LogP contribution in [0.15, 0.2) is 42.5 Å². The molecule has 2 aromatic rings. The third-order valence-electron chi connectivity index (χ3n) is 4.15. The van der Waals surface area contributed by atoms with E-state index in [1.807, 2.05) is 19.1 Å². The van der Waals surface area contributed by atoms with E-state index in [1.165, 1.54) is 7.11 Å². The predicted octanol–water partition coefficient (Wildman–Crippen LogP) is 2.29. The zero-order valence-corrected chi connectivity index (χ0v) is 15.4. The van der Waals surface area contributed by atoms with Crippen molar-refractivity contribution in [3.63, 3.8) is 0 Å². The van der Waals surface area contributed by atoms with Gasteiger partial charge in [0.2, 0.25) is 12.0 Å². The number of hydrogen-bond acceptors (Lipinski definition) is 5. The first-order valence-corrected chi connectivity index (χ1v) is 8.62. The SMILES string of the molecule is COc1ccc(C)cc1NC(=O)CNC(=O)C1Oc2ccccc2OC1C. The van der Waals surface area contributed by atoms with Gasteiger partial charge in [0.15, 0.2) is 11.5 Å². The van der Waals surface area contributed by atoms with E-state index in [-0.39, 0.29) is 12.5 Å². The second kappa shape index (κ2) is 7.99. The molecule has 2 atom stereocenters. The minimum atomic E-state index is -0.832. The maximum atomic E-state index is 12.4. The van der Waals surface area contributed by atoms with Crippen LogP contribution < -0.4 is 24.8 Å². The van der Waals surface area contributed by atoms with Crippen molar-refractivity contribution in [3.05, 3.63) is 48.0 Å². The fourth-order valence-electron chi connectivity index (χ4n) is 2.79. The molecule has 0 aromatic heterocycles. The molecule has 7 heteroatoms. The van der Waals surface area contributed by atoms with Gasteiger partial charge in [0.05, 0.1) is 19.3 Å². The van der Waals surface area contributed by atoms with E-state index in [1.54, 1.807) is 37.3 Å². The van der Waals surface area contributed by atoms with Crippen LogP contribution in [0.5, 0.6) is 17.2 Å². The van der Waals surface area contributed by atoms with Gasteiger partial charge in [-0.15, -0.1) is 0 Å². The summed E-state index contributed by atoms with van der Waals surface area (Å²) >= 11 is 0. The maximum Gasteiger partial charge on any atom is 0.265 e. The first-order valence-electron chi connectivity index (χ1n) is 8.62. The Balaban J connectivity index is 1.58. The number of benzene rings is 2. The van der Waals surface area contributed by atoms with Crippen LogP contribution in [-0.2, 0) is 9.59 Å². The predicted molar refractivity (Wildman–Crippen MR) is 100 cm³/mol. The molecule has 0 saturated heterocycles. The van der Waals surface area contributed by atoms with Crippen LogP contribution in [0, 0.1) is 6.92 Å². The van der Waals surface area contributed by atoms with E-state index in [0.29, 0.717) is 22.9 Å². The molecule has 2 amide bonds. The number of aryl methyl sites for hydroxylation is 1. The number of para-hydroxylation sites is 2. The lowest BCUT2D eigenvalue weighted by Crippen LogP contribution is -2.50. The highest BCUT2D eigenvalue weighted by molar-refractivity contribution is 5.96. The summed E-state index contributed by atoms with van der Waals surface area (Å²) in [4.78, 5) is 24.6. The topological polar surface area (TPSA) is 85.9 Å². The Labute approximate surface area is 157 Å². The van der Waals surface area contributed by atoms with Crippen LogP contribution in [0.1, 0.15) is 12.5 Å². The molecule has 1 aliphatic heterocycles. The molecule has 142 valence electrons. The van der Waals surface area contributed by atoms with Crippen LogP contribution >= 0.6 is 0 Å². The summed E-state index contributed by atoms with van der Waals surface area (Å²) in [5.74, 6) is 0.873. The third-order valence-corrected chi connectivity index (χ3v) is 4.15. The second-order valence-electron chi connectivity index (χ2n) is 6.28. The lowest BCUT2D eigenvalue weighted by Gasteiger charge is -2.30. The van der Waals surface area contributed by atoms with Gasteiger partial charge in [-0.3, -0.25) is 9.59 Å². The highest BCUT2D eigenvalue weighted by Gasteiger charge is 2.34. The second-order valence-corrected chi connectivity index (χ2v) is 6.28. The number of carbonyl (C=O) groups excluding carboxylic acids is 2. The molecular weight excluding hydrogens is 348 g/mol. The van der Waals surface area contributed by atoms with Gasteiger partial charge in [-0.05, 0) is 43.7 Å². The summed E-state index contributed by atoms with van der Waals surface area (Å²) in [6.45, 7) is 3.47. The molecular formula is C20H22N2O5. The molecule has 0 bridgehead atoms. The summed E-state index contributed by atoms with van der Waals surface area (Å²) in [5, 5.41) is 5.33. The van der Waals surface area contributed by atoms with Gasteiger partial charge in [0.1, 0.15) is 11.9 Å². The van der Waals surface area contributed by atoms with Crippen molar-refractivity contribution in [2.45, 2.75) is 26.1 Å². The molecule has 7 nitrogen and oxygen atoms in total. The first kappa shape index (κ1) is 18.6. The average molecular weight is 370 g/mol. The van der Waals surface area contributed by atoms with Crippen molar-refractivity contribution in [1.82, 2.24) is 5.32 Å². The quantitative estimate of drug-likeness (QED) is 0.843. The monoisotopic (exact) mass is 370 g/mol. The molecule has 2 N–H and O–H groups in total. The molecule has 0 saturated carbocycles. The molecule has 27 heavy (non-hydrogen) atoms. The number of fused-ring (bicyclic) bond motifs is 1. The normalized spacial score (nSPS) is 17.7. The Bertz CT molecular complexity index is 852. The van der Waals surface area contributed by atoms with Crippen LogP contribution in [0.2, 0.25) is 0 Å². The number of methoxy groups -OCH3 is 1. The number of amides is 2. The smallest absolute Gasteiger partial charge is 0.265 e. The fourth-order valence-corrected chi connectivity index (χ4v) is 2.79. The molecule has 0 aliphatic carbocycles. The number of nitrogens with one attached hydrogen (secondary N) is 2. The van der Waals surface area contributed by atoms with Gasteiger partial charge in [0, 0.05) is 0 Å². The highest BCUT2D eigenvalue weighted by atomic mass is 16.6. The van der Waals surface area contributed by atoms with E-state index in [9.17, 15) is 9.59 Å². The van der Waals surface area contributed by atoms with Gasteiger partial charge in [0.25, 0.3) is 5.91 Å². The summed E-state index contributed by atoms with van der Waals surface area (Å²) in [6.07, 6.45) is -1.30. The summed E-state index contributed by atoms with van der Waals surface area (Å²) < 4.78 is 16.7. The summed E-state index contributed by atoms with van der Waals surface area (Å²) in [6, 6.07) is 12.6. The lowest BCUT2D eigenvalue weighted by molar-refractivity contribution is -0.134. The molecule has 0 radical (unpaired) electrons. The van der Waals surface area contributed by atoms with E-state index in [4.69, 9.17) is 14.2 Å². The number of anilines is 1. The van der Waals surface area contributed by atoms with Crippen molar-refractivity contribution >= 4 is 17.5 Å². The Morgan fingerprint density at radius 1 is 1.11 bits per heavy atom. The Kier molecular flexibility index (Phi) is 5.49. The first-order chi connectivity index (χ1) is 13.0. The zero-order chi connectivity index (χ0) is 19.4. The summed E-state index contributed by atoms with van der Waals surface area (Å²) in [7, 11) is 1.53. The van der Waals surface area contributed by atoms with Gasteiger partial charge < -0.3 is 24.8 Å². The lowest BCUT2D eigenvalue weighted by atomic mass is 10.1. The van der Waals surface area contributed by atoms with E-state index >= 15 is 0 Å². The van der Waals surface area contributed by atoms with Crippen molar-refractivity contribution in [2.24, 2.45) is 0 Å². The fraction of sp³-hybridized carbons (Fsp3) is 0.300. The molecule has 0 fully saturated rings. The molecule has 1 aliphatic rings. The Morgan fingerprint density at radius 2 is 1.81 bits per heavy atom. The van der Waals surface area contributed by atoms with Gasteiger partial charge in [-0.25, -0.2) is 0 Å². The van der Waals surface area contributed by atoms with Crippen molar-refractivity contribution in [2.75, 3.05) is 19.0 Å². The van der Waals surface area contributed by atoms with E-state index < -0.39 is 18.1 Å². The van der Waals surface area contributed by atoms with Crippen LogP contribution in [0.3, 0.4) is 0 Å². The van der Waals surface area contributed by atoms with Crippen LogP contribution in [0.25, 0.3) is 0 Å². The zero-order valence-electron chi connectivity index (χ0n) is 15.4. The van der Waals surface area contributed by atoms with E-state index in [0.717, 1.165) is 5.56 Å². The third kappa shape index (κ3) is 4.31. The van der Waals surface area contributed by atoms with Crippen molar-refractivity contribution < 1.29 is 23.8 Å². The Hall–Kier alpha value is -3.22. The molecule has 2 aromatic carbocycles. The Morgan fingerprint density at radius 3 is 2.52 bits per heavy atom. The van der Waals surface area contributed by atoms with Crippen LogP contribution in [0.4, 0.5) is 5.69 Å². The minimum absolute atomic E-state index is 0.190. The standard InChI is InChI=1S/C20H22N2O5/c1-12-8-9-15(25-3)14(10-12)22-18(23)11-21-20(24)19-13(2)26-16-6-4-5-7-17(16)27-19/h4-10,13,19H,11H2,1-3H3,(H,21,24)(H,22,23). The molecule has 0 spiro atoms. The summed E-state index contributed by atoms with van der Waals surface area (Å²) in [5.41, 5.74) is 1.53. The molecule has 2 unspecified atom stereocenters. The maximum absolute atomic E-state index is 12.4. The molecule has 3 rings (SSSR count). The largest absolute Gasteiger partial charge is 0.495 e. The average Bonchev–Trinajstić information content (AvgIpc) is 2.65. The van der Waals surface area contributed by atoms with Crippen molar-refractivity contribution in [3.8, 4) is 17.2 Å². The van der Waals surface area contributed by atoms with E-state index in [2.05, 4.69) is 10.6 Å². The van der Waals surface area contributed by atoms with Gasteiger partial charge >= 0.3 is 0 Å².